The molecule has 0 saturated heterocycles. The molecule has 1 N–H and O–H groups in total. The first-order valence-electron chi connectivity index (χ1n) is 7.21. The Morgan fingerprint density at radius 1 is 0.727 bits per heavy atom. The van der Waals surface area contributed by atoms with E-state index in [1.165, 1.54) is 21.8 Å². The molecule has 0 aliphatic heterocycles. The van der Waals surface area contributed by atoms with E-state index in [0.717, 1.165) is 5.69 Å². The van der Waals surface area contributed by atoms with Crippen LogP contribution < -0.4 is 4.65 Å². The molecule has 0 amide bonds. The van der Waals surface area contributed by atoms with Crippen LogP contribution in [0.5, 0.6) is 5.75 Å². The predicted octanol–water partition coefficient (Wildman–Crippen LogP) is 3.42. The van der Waals surface area contributed by atoms with Gasteiger partial charge in [0.05, 0.1) is 11.0 Å². The summed E-state index contributed by atoms with van der Waals surface area (Å²) in [5.74, 6) is 0.659. The van der Waals surface area contributed by atoms with Gasteiger partial charge in [-0.25, -0.2) is 0 Å². The minimum absolute atomic E-state index is 0.311. The molecule has 0 radical (unpaired) electrons. The fourth-order valence-corrected chi connectivity index (χ4v) is 2.97. The van der Waals surface area contributed by atoms with Gasteiger partial charge in [0.1, 0.15) is 5.75 Å². The SMILES string of the molecule is OBOc1ccc(-n2c3ccccc3c3ccccc32)cc1. The van der Waals surface area contributed by atoms with E-state index in [4.69, 9.17) is 9.68 Å². The average Bonchev–Trinajstić information content (AvgIpc) is 2.91. The van der Waals surface area contributed by atoms with Crippen LogP contribution in [0, 0.1) is 0 Å². The summed E-state index contributed by atoms with van der Waals surface area (Å²) in [5.41, 5.74) is 3.43. The van der Waals surface area contributed by atoms with Gasteiger partial charge in [0.25, 0.3) is 0 Å². The lowest BCUT2D eigenvalue weighted by Crippen LogP contribution is -2.00. The molecule has 0 aliphatic rings. The van der Waals surface area contributed by atoms with Crippen molar-refractivity contribution in [2.24, 2.45) is 0 Å². The van der Waals surface area contributed by atoms with Crippen molar-refractivity contribution in [2.75, 3.05) is 0 Å². The number of nitrogens with zero attached hydrogens (tertiary/aromatic N) is 1. The van der Waals surface area contributed by atoms with Crippen LogP contribution >= 0.6 is 0 Å². The molecule has 3 nitrogen and oxygen atoms in total. The highest BCUT2D eigenvalue weighted by atomic mass is 16.5. The minimum atomic E-state index is -0.311. The fourth-order valence-electron chi connectivity index (χ4n) is 2.97. The molecule has 0 fully saturated rings. The monoisotopic (exact) mass is 287 g/mol. The van der Waals surface area contributed by atoms with Crippen LogP contribution in [0.3, 0.4) is 0 Å². The normalized spacial score (nSPS) is 11.0. The standard InChI is InChI=1S/C18H14BNO2/c21-19-22-14-11-9-13(10-12-14)20-17-7-3-1-5-15(17)16-6-2-4-8-18(16)20/h1-12,19,21H. The Kier molecular flexibility index (Phi) is 3.09. The van der Waals surface area contributed by atoms with E-state index in [-0.39, 0.29) is 7.69 Å². The Bertz CT molecular complexity index is 891. The second-order valence-corrected chi connectivity index (χ2v) is 5.14. The number of hydrogen-bond donors (Lipinski definition) is 1. The first kappa shape index (κ1) is 13.0. The van der Waals surface area contributed by atoms with Gasteiger partial charge in [-0.2, -0.15) is 0 Å². The number of fused-ring (bicyclic) bond motifs is 3. The molecular weight excluding hydrogens is 273 g/mol. The predicted molar refractivity (Wildman–Crippen MR) is 90.8 cm³/mol. The maximum atomic E-state index is 8.83. The molecule has 3 aromatic carbocycles. The summed E-state index contributed by atoms with van der Waals surface area (Å²) in [6.45, 7) is 0. The minimum Gasteiger partial charge on any atom is -0.539 e. The van der Waals surface area contributed by atoms with Gasteiger partial charge in [-0.3, -0.25) is 0 Å². The largest absolute Gasteiger partial charge is 0.539 e. The molecule has 0 unspecified atom stereocenters. The van der Waals surface area contributed by atoms with Crippen molar-refractivity contribution < 1.29 is 9.68 Å². The molecule has 0 aliphatic carbocycles. The molecule has 0 spiro atoms. The van der Waals surface area contributed by atoms with Crippen molar-refractivity contribution in [1.82, 2.24) is 4.57 Å². The summed E-state index contributed by atoms with van der Waals surface area (Å²) in [6, 6.07) is 24.6. The molecule has 22 heavy (non-hydrogen) atoms. The summed E-state index contributed by atoms with van der Waals surface area (Å²) < 4.78 is 7.34. The molecule has 106 valence electrons. The second-order valence-electron chi connectivity index (χ2n) is 5.14. The summed E-state index contributed by atoms with van der Waals surface area (Å²) in [6.07, 6.45) is 0. The van der Waals surface area contributed by atoms with Crippen LogP contribution in [0.2, 0.25) is 0 Å². The number of hydrogen-bond acceptors (Lipinski definition) is 2. The van der Waals surface area contributed by atoms with Crippen LogP contribution in [0.1, 0.15) is 0 Å². The Labute approximate surface area is 128 Å². The zero-order valence-corrected chi connectivity index (χ0v) is 11.9. The average molecular weight is 287 g/mol. The van der Waals surface area contributed by atoms with E-state index < -0.39 is 0 Å². The van der Waals surface area contributed by atoms with Crippen molar-refractivity contribution in [1.29, 1.82) is 0 Å². The third-order valence-corrected chi connectivity index (χ3v) is 3.91. The number of rotatable bonds is 3. The van der Waals surface area contributed by atoms with Gasteiger partial charge in [0.2, 0.25) is 0 Å². The summed E-state index contributed by atoms with van der Waals surface area (Å²) in [5, 5.41) is 11.3. The van der Waals surface area contributed by atoms with E-state index in [1.54, 1.807) is 0 Å². The van der Waals surface area contributed by atoms with E-state index in [0.29, 0.717) is 5.75 Å². The van der Waals surface area contributed by atoms with Gasteiger partial charge >= 0.3 is 7.69 Å². The Balaban J connectivity index is 1.99. The fraction of sp³-hybridized carbons (Fsp3) is 0. The Hall–Kier alpha value is -2.72. The molecule has 0 atom stereocenters. The topological polar surface area (TPSA) is 34.4 Å². The van der Waals surface area contributed by atoms with Crippen molar-refractivity contribution in [3.8, 4) is 11.4 Å². The second kappa shape index (κ2) is 5.24. The highest BCUT2D eigenvalue weighted by molar-refractivity contribution is 6.17. The number of aromatic nitrogens is 1. The maximum Gasteiger partial charge on any atom is 0.504 e. The molecule has 1 aromatic heterocycles. The lowest BCUT2D eigenvalue weighted by molar-refractivity contribution is 0.454. The zero-order chi connectivity index (χ0) is 14.9. The van der Waals surface area contributed by atoms with Gasteiger partial charge in [0, 0.05) is 16.5 Å². The molecule has 1 heterocycles. The number of benzene rings is 3. The number of para-hydroxylation sites is 2. The van der Waals surface area contributed by atoms with Crippen molar-refractivity contribution in [3.63, 3.8) is 0 Å². The first-order chi connectivity index (χ1) is 10.9. The quantitative estimate of drug-likeness (QED) is 0.586. The highest BCUT2D eigenvalue weighted by Gasteiger charge is 2.10. The lowest BCUT2D eigenvalue weighted by Gasteiger charge is -2.09. The van der Waals surface area contributed by atoms with Crippen molar-refractivity contribution >= 4 is 29.5 Å². The van der Waals surface area contributed by atoms with Gasteiger partial charge < -0.3 is 14.2 Å². The van der Waals surface area contributed by atoms with Crippen LogP contribution in [-0.2, 0) is 0 Å². The van der Waals surface area contributed by atoms with Gasteiger partial charge in [-0.1, -0.05) is 36.4 Å². The third kappa shape index (κ3) is 1.97. The summed E-state index contributed by atoms with van der Waals surface area (Å²) in [4.78, 5) is 0. The van der Waals surface area contributed by atoms with Gasteiger partial charge in [-0.05, 0) is 36.4 Å². The molecule has 4 rings (SSSR count). The zero-order valence-electron chi connectivity index (χ0n) is 11.9. The van der Waals surface area contributed by atoms with Crippen LogP contribution in [0.25, 0.3) is 27.5 Å². The van der Waals surface area contributed by atoms with Crippen molar-refractivity contribution in [2.45, 2.75) is 0 Å². The van der Waals surface area contributed by atoms with Gasteiger partial charge in [0.15, 0.2) is 0 Å². The van der Waals surface area contributed by atoms with E-state index in [1.807, 2.05) is 24.3 Å². The van der Waals surface area contributed by atoms with Crippen LogP contribution in [0.4, 0.5) is 0 Å². The van der Waals surface area contributed by atoms with Crippen molar-refractivity contribution in [3.05, 3.63) is 72.8 Å². The molecule has 4 heteroatoms. The van der Waals surface area contributed by atoms with E-state index >= 15 is 0 Å². The lowest BCUT2D eigenvalue weighted by atomic mass is 10.2. The van der Waals surface area contributed by atoms with Crippen LogP contribution in [-0.4, -0.2) is 17.3 Å². The summed E-state index contributed by atoms with van der Waals surface area (Å²) in [7, 11) is -0.311. The smallest absolute Gasteiger partial charge is 0.504 e. The van der Waals surface area contributed by atoms with E-state index in [9.17, 15) is 0 Å². The first-order valence-corrected chi connectivity index (χ1v) is 7.21. The highest BCUT2D eigenvalue weighted by Crippen LogP contribution is 2.31. The summed E-state index contributed by atoms with van der Waals surface area (Å²) >= 11 is 0. The van der Waals surface area contributed by atoms with E-state index in [2.05, 4.69) is 53.1 Å². The van der Waals surface area contributed by atoms with Gasteiger partial charge in [-0.15, -0.1) is 0 Å². The Morgan fingerprint density at radius 2 is 1.27 bits per heavy atom. The Morgan fingerprint density at radius 3 is 1.82 bits per heavy atom. The van der Waals surface area contributed by atoms with Crippen LogP contribution in [0.15, 0.2) is 72.8 Å². The molecule has 4 aromatic rings. The maximum absolute atomic E-state index is 8.83. The molecular formula is C18H14BNO2. The third-order valence-electron chi connectivity index (χ3n) is 3.91. The molecule has 0 bridgehead atoms. The molecule has 0 saturated carbocycles.